The number of methoxy groups -OCH3 is 1. The van der Waals surface area contributed by atoms with Crippen molar-refractivity contribution in [2.45, 2.75) is 12.8 Å². The number of carbonyl (C=O) groups excluding carboxylic acids is 1. The summed E-state index contributed by atoms with van der Waals surface area (Å²) in [7, 11) is 5.58. The molecule has 0 aliphatic carbocycles. The zero-order valence-electron chi connectivity index (χ0n) is 12.5. The summed E-state index contributed by atoms with van der Waals surface area (Å²) in [5.41, 5.74) is 0.661. The zero-order chi connectivity index (χ0) is 14.5. The highest BCUT2D eigenvalue weighted by atomic mass is 16.5. The summed E-state index contributed by atoms with van der Waals surface area (Å²) in [4.78, 5) is 20.6. The lowest BCUT2D eigenvalue weighted by Crippen LogP contribution is -2.41. The van der Waals surface area contributed by atoms with E-state index < -0.39 is 0 Å². The van der Waals surface area contributed by atoms with E-state index in [4.69, 9.17) is 4.74 Å². The normalized spacial score (nSPS) is 18.9. The Labute approximate surface area is 120 Å². The number of piperidine rings is 1. The lowest BCUT2D eigenvalue weighted by molar-refractivity contribution is 0.0570. The molecule has 1 aromatic rings. The molecule has 1 aliphatic heterocycles. The Hall–Kier alpha value is -1.62. The van der Waals surface area contributed by atoms with E-state index in [9.17, 15) is 4.79 Å². The molecule has 0 radical (unpaired) electrons. The third-order valence-electron chi connectivity index (χ3n) is 3.66. The first kappa shape index (κ1) is 14.8. The maximum absolute atomic E-state index is 12.5. The quantitative estimate of drug-likeness (QED) is 0.839. The largest absolute Gasteiger partial charge is 0.384 e. The second kappa shape index (κ2) is 6.70. The van der Waals surface area contributed by atoms with Crippen molar-refractivity contribution in [3.8, 4) is 0 Å². The van der Waals surface area contributed by atoms with Gasteiger partial charge < -0.3 is 14.5 Å². The van der Waals surface area contributed by atoms with Crippen LogP contribution in [0, 0.1) is 5.92 Å². The third-order valence-corrected chi connectivity index (χ3v) is 3.66. The predicted molar refractivity (Wildman–Crippen MR) is 79.1 cm³/mol. The summed E-state index contributed by atoms with van der Waals surface area (Å²) in [6.45, 7) is 2.33. The van der Waals surface area contributed by atoms with Gasteiger partial charge in [0.2, 0.25) is 0 Å². The van der Waals surface area contributed by atoms with Crippen LogP contribution in [0.2, 0.25) is 0 Å². The molecule has 0 spiro atoms. The number of rotatable bonds is 4. The van der Waals surface area contributed by atoms with Gasteiger partial charge in [-0.25, -0.2) is 4.98 Å². The second-order valence-corrected chi connectivity index (χ2v) is 5.51. The van der Waals surface area contributed by atoms with E-state index in [1.165, 1.54) is 0 Å². The molecule has 0 saturated carbocycles. The molecule has 0 bridgehead atoms. The molecule has 20 heavy (non-hydrogen) atoms. The van der Waals surface area contributed by atoms with Crippen LogP contribution in [0.5, 0.6) is 0 Å². The van der Waals surface area contributed by atoms with E-state index in [2.05, 4.69) is 4.98 Å². The van der Waals surface area contributed by atoms with Gasteiger partial charge in [-0.05, 0) is 30.9 Å². The Balaban J connectivity index is 2.02. The van der Waals surface area contributed by atoms with E-state index in [1.807, 2.05) is 36.0 Å². The van der Waals surface area contributed by atoms with Crippen LogP contribution in [0.1, 0.15) is 23.2 Å². The first-order valence-electron chi connectivity index (χ1n) is 7.03. The van der Waals surface area contributed by atoms with Crippen LogP contribution < -0.4 is 4.90 Å². The Kier molecular flexibility index (Phi) is 4.95. The SMILES string of the molecule is COC[C@@H]1CCCN(C(=O)c2ccc(N(C)C)nc2)C1. The van der Waals surface area contributed by atoms with Gasteiger partial charge in [0.15, 0.2) is 0 Å². The summed E-state index contributed by atoms with van der Waals surface area (Å²) in [6, 6.07) is 3.73. The Bertz CT molecular complexity index is 443. The fourth-order valence-electron chi connectivity index (χ4n) is 2.58. The van der Waals surface area contributed by atoms with Gasteiger partial charge >= 0.3 is 0 Å². The van der Waals surface area contributed by atoms with E-state index >= 15 is 0 Å². The van der Waals surface area contributed by atoms with Crippen LogP contribution in [0.3, 0.4) is 0 Å². The van der Waals surface area contributed by atoms with Crippen molar-refractivity contribution in [1.82, 2.24) is 9.88 Å². The highest BCUT2D eigenvalue weighted by Crippen LogP contribution is 2.19. The number of anilines is 1. The molecule has 110 valence electrons. The molecule has 1 fully saturated rings. The fourth-order valence-corrected chi connectivity index (χ4v) is 2.58. The second-order valence-electron chi connectivity index (χ2n) is 5.51. The molecular formula is C15H23N3O2. The Morgan fingerprint density at radius 3 is 2.90 bits per heavy atom. The number of nitrogens with zero attached hydrogens (tertiary/aromatic N) is 3. The molecule has 0 N–H and O–H groups in total. The van der Waals surface area contributed by atoms with E-state index in [-0.39, 0.29) is 5.91 Å². The predicted octanol–water partition coefficient (Wildman–Crippen LogP) is 1.65. The van der Waals surface area contributed by atoms with Crippen molar-refractivity contribution < 1.29 is 9.53 Å². The minimum atomic E-state index is 0.0728. The van der Waals surface area contributed by atoms with Crippen LogP contribution in [-0.4, -0.2) is 56.7 Å². The molecule has 2 rings (SSSR count). The summed E-state index contributed by atoms with van der Waals surface area (Å²) in [6.07, 6.45) is 3.84. The zero-order valence-corrected chi connectivity index (χ0v) is 12.5. The molecule has 0 unspecified atom stereocenters. The topological polar surface area (TPSA) is 45.7 Å². The number of amides is 1. The summed E-state index contributed by atoms with van der Waals surface area (Å²) >= 11 is 0. The average Bonchev–Trinajstić information content (AvgIpc) is 2.47. The molecule has 5 heteroatoms. The van der Waals surface area contributed by atoms with Gasteiger partial charge in [0.1, 0.15) is 5.82 Å². The molecule has 1 saturated heterocycles. The van der Waals surface area contributed by atoms with Gasteiger partial charge in [0, 0.05) is 40.5 Å². The molecule has 0 aromatic carbocycles. The number of hydrogen-bond donors (Lipinski definition) is 0. The van der Waals surface area contributed by atoms with Crippen molar-refractivity contribution in [2.75, 3.05) is 45.8 Å². The van der Waals surface area contributed by atoms with Crippen LogP contribution in [0.4, 0.5) is 5.82 Å². The minimum absolute atomic E-state index is 0.0728. The first-order chi connectivity index (χ1) is 9.61. The maximum Gasteiger partial charge on any atom is 0.255 e. The number of pyridine rings is 1. The fraction of sp³-hybridized carbons (Fsp3) is 0.600. The van der Waals surface area contributed by atoms with Crippen LogP contribution in [0.15, 0.2) is 18.3 Å². The monoisotopic (exact) mass is 277 g/mol. The number of likely N-dealkylation sites (tertiary alicyclic amines) is 1. The molecule has 1 amide bonds. The number of ether oxygens (including phenoxy) is 1. The van der Waals surface area contributed by atoms with Crippen LogP contribution in [0.25, 0.3) is 0 Å². The van der Waals surface area contributed by atoms with Gasteiger partial charge in [-0.3, -0.25) is 4.79 Å². The van der Waals surface area contributed by atoms with Crippen molar-refractivity contribution in [2.24, 2.45) is 5.92 Å². The smallest absolute Gasteiger partial charge is 0.255 e. The summed E-state index contributed by atoms with van der Waals surface area (Å²) in [5, 5.41) is 0. The molecule has 5 nitrogen and oxygen atoms in total. The van der Waals surface area contributed by atoms with E-state index in [0.29, 0.717) is 11.5 Å². The van der Waals surface area contributed by atoms with Gasteiger partial charge in [0.25, 0.3) is 5.91 Å². The Morgan fingerprint density at radius 1 is 1.50 bits per heavy atom. The van der Waals surface area contributed by atoms with E-state index in [0.717, 1.165) is 38.4 Å². The average molecular weight is 277 g/mol. The lowest BCUT2D eigenvalue weighted by Gasteiger charge is -2.32. The highest BCUT2D eigenvalue weighted by Gasteiger charge is 2.24. The van der Waals surface area contributed by atoms with Crippen molar-refractivity contribution >= 4 is 11.7 Å². The standard InChI is InChI=1S/C15H23N3O2/c1-17(2)14-7-6-13(9-16-14)15(19)18-8-4-5-12(10-18)11-20-3/h6-7,9,12H,4-5,8,10-11H2,1-3H3/t12-/m1/s1. The highest BCUT2D eigenvalue weighted by molar-refractivity contribution is 5.94. The van der Waals surface area contributed by atoms with E-state index in [1.54, 1.807) is 13.3 Å². The maximum atomic E-state index is 12.5. The lowest BCUT2D eigenvalue weighted by atomic mass is 9.98. The van der Waals surface area contributed by atoms with Crippen molar-refractivity contribution in [1.29, 1.82) is 0 Å². The number of hydrogen-bond acceptors (Lipinski definition) is 4. The van der Waals surface area contributed by atoms with Gasteiger partial charge in [-0.15, -0.1) is 0 Å². The third kappa shape index (κ3) is 3.48. The van der Waals surface area contributed by atoms with Gasteiger partial charge in [0.05, 0.1) is 12.2 Å². The van der Waals surface area contributed by atoms with Gasteiger partial charge in [-0.2, -0.15) is 0 Å². The Morgan fingerprint density at radius 2 is 2.30 bits per heavy atom. The minimum Gasteiger partial charge on any atom is -0.384 e. The summed E-state index contributed by atoms with van der Waals surface area (Å²) in [5.74, 6) is 1.38. The first-order valence-corrected chi connectivity index (χ1v) is 7.03. The molecule has 1 aromatic heterocycles. The van der Waals surface area contributed by atoms with Crippen LogP contribution in [-0.2, 0) is 4.74 Å². The number of aromatic nitrogens is 1. The molecule has 2 heterocycles. The number of carbonyl (C=O) groups is 1. The summed E-state index contributed by atoms with van der Waals surface area (Å²) < 4.78 is 5.20. The molecular weight excluding hydrogens is 254 g/mol. The van der Waals surface area contributed by atoms with Crippen LogP contribution >= 0.6 is 0 Å². The molecule has 1 atom stereocenters. The van der Waals surface area contributed by atoms with Gasteiger partial charge in [-0.1, -0.05) is 0 Å². The molecule has 1 aliphatic rings. The van der Waals surface area contributed by atoms with Crippen molar-refractivity contribution in [3.63, 3.8) is 0 Å². The van der Waals surface area contributed by atoms with Crippen molar-refractivity contribution in [3.05, 3.63) is 23.9 Å².